The van der Waals surface area contributed by atoms with E-state index in [0.29, 0.717) is 18.1 Å². The van der Waals surface area contributed by atoms with E-state index < -0.39 is 0 Å². The number of ether oxygens (including phenoxy) is 1. The fourth-order valence-electron chi connectivity index (χ4n) is 4.57. The van der Waals surface area contributed by atoms with E-state index in [0.717, 1.165) is 36.9 Å². The van der Waals surface area contributed by atoms with Crippen LogP contribution in [0.5, 0.6) is 5.75 Å². The lowest BCUT2D eigenvalue weighted by Crippen LogP contribution is -2.41. The van der Waals surface area contributed by atoms with Crippen LogP contribution < -0.4 is 10.1 Å². The summed E-state index contributed by atoms with van der Waals surface area (Å²) in [4.78, 5) is 27.2. The van der Waals surface area contributed by atoms with Crippen molar-refractivity contribution in [1.82, 2.24) is 10.2 Å². The van der Waals surface area contributed by atoms with E-state index in [-0.39, 0.29) is 36.1 Å². The van der Waals surface area contributed by atoms with Gasteiger partial charge in [0.2, 0.25) is 5.91 Å². The Bertz CT molecular complexity index is 1190. The molecule has 0 radical (unpaired) electrons. The quantitative estimate of drug-likeness (QED) is 0.552. The molecule has 6 heteroatoms. The normalized spacial score (nSPS) is 17.2. The van der Waals surface area contributed by atoms with Gasteiger partial charge in [-0.15, -0.1) is 0 Å². The number of fused-ring (bicyclic) bond motifs is 1. The molecule has 176 valence electrons. The number of rotatable bonds is 7. The average Bonchev–Trinajstić information content (AvgIpc) is 3.59. The number of nitrogens with one attached hydrogen (secondary N) is 1. The zero-order valence-electron chi connectivity index (χ0n) is 19.7. The first kappa shape index (κ1) is 22.3. The fourth-order valence-corrected chi connectivity index (χ4v) is 4.57. The van der Waals surface area contributed by atoms with Crippen LogP contribution in [0.2, 0.25) is 0 Å². The van der Waals surface area contributed by atoms with Crippen molar-refractivity contribution in [1.29, 1.82) is 0 Å². The molecule has 1 saturated carbocycles. The first-order chi connectivity index (χ1) is 16.5. The van der Waals surface area contributed by atoms with Gasteiger partial charge < -0.3 is 19.4 Å². The molecule has 34 heavy (non-hydrogen) atoms. The topological polar surface area (TPSA) is 71.8 Å². The SMILES string of the molecule is CCNC(=O)c1ccc(COc2ccc3c(c2)[C@@H](c2ccc(C)cc2)N(C(=O)C2CC2)CC3)o1. The number of hydrogen-bond donors (Lipinski definition) is 1. The van der Waals surface area contributed by atoms with Crippen molar-refractivity contribution in [3.05, 3.63) is 88.4 Å². The van der Waals surface area contributed by atoms with Crippen molar-refractivity contribution >= 4 is 11.8 Å². The Hall–Kier alpha value is -3.54. The summed E-state index contributed by atoms with van der Waals surface area (Å²) in [5.41, 5.74) is 4.68. The van der Waals surface area contributed by atoms with Crippen molar-refractivity contribution < 1.29 is 18.7 Å². The second-order valence-electron chi connectivity index (χ2n) is 9.14. The highest BCUT2D eigenvalue weighted by atomic mass is 16.5. The van der Waals surface area contributed by atoms with Crippen LogP contribution in [0, 0.1) is 12.8 Å². The summed E-state index contributed by atoms with van der Waals surface area (Å²) in [7, 11) is 0. The van der Waals surface area contributed by atoms with Crippen LogP contribution in [-0.4, -0.2) is 29.8 Å². The van der Waals surface area contributed by atoms with Gasteiger partial charge in [0.1, 0.15) is 18.1 Å². The van der Waals surface area contributed by atoms with Crippen molar-refractivity contribution in [2.75, 3.05) is 13.1 Å². The zero-order chi connectivity index (χ0) is 23.7. The Morgan fingerprint density at radius 3 is 2.62 bits per heavy atom. The molecule has 2 aliphatic rings. The maximum Gasteiger partial charge on any atom is 0.286 e. The Balaban J connectivity index is 1.40. The molecular formula is C28H30N2O4. The van der Waals surface area contributed by atoms with Crippen molar-refractivity contribution in [2.45, 2.75) is 45.8 Å². The maximum absolute atomic E-state index is 13.2. The van der Waals surface area contributed by atoms with Crippen LogP contribution in [0.15, 0.2) is 59.0 Å². The Labute approximate surface area is 199 Å². The lowest BCUT2D eigenvalue weighted by Gasteiger charge is -2.38. The van der Waals surface area contributed by atoms with Crippen molar-refractivity contribution in [3.63, 3.8) is 0 Å². The molecule has 1 N–H and O–H groups in total. The van der Waals surface area contributed by atoms with Gasteiger partial charge in [-0.1, -0.05) is 35.9 Å². The third kappa shape index (κ3) is 4.58. The zero-order valence-corrected chi connectivity index (χ0v) is 19.7. The molecule has 3 aromatic rings. The van der Waals surface area contributed by atoms with Gasteiger partial charge in [0, 0.05) is 19.0 Å². The van der Waals surface area contributed by atoms with Gasteiger partial charge in [0.25, 0.3) is 5.91 Å². The van der Waals surface area contributed by atoms with Gasteiger partial charge in [-0.2, -0.15) is 0 Å². The lowest BCUT2D eigenvalue weighted by molar-refractivity contribution is -0.134. The minimum atomic E-state index is -0.233. The van der Waals surface area contributed by atoms with Crippen LogP contribution in [0.3, 0.4) is 0 Å². The summed E-state index contributed by atoms with van der Waals surface area (Å²) in [5.74, 6) is 1.78. The number of carbonyl (C=O) groups is 2. The molecule has 1 aliphatic heterocycles. The summed E-state index contributed by atoms with van der Waals surface area (Å²) >= 11 is 0. The van der Waals surface area contributed by atoms with E-state index in [2.05, 4.69) is 53.5 Å². The van der Waals surface area contributed by atoms with E-state index in [4.69, 9.17) is 9.15 Å². The van der Waals surface area contributed by atoms with E-state index in [1.54, 1.807) is 12.1 Å². The van der Waals surface area contributed by atoms with Crippen LogP contribution in [0.1, 0.15) is 64.4 Å². The highest BCUT2D eigenvalue weighted by molar-refractivity contribution is 5.91. The van der Waals surface area contributed by atoms with Gasteiger partial charge in [-0.25, -0.2) is 0 Å². The van der Waals surface area contributed by atoms with E-state index in [1.165, 1.54) is 11.1 Å². The fraction of sp³-hybridized carbons (Fsp3) is 0.357. The molecule has 0 saturated heterocycles. The minimum absolute atomic E-state index is 0.117. The van der Waals surface area contributed by atoms with Gasteiger partial charge >= 0.3 is 0 Å². The number of amides is 2. The highest BCUT2D eigenvalue weighted by Gasteiger charge is 2.39. The molecule has 1 aliphatic carbocycles. The number of nitrogens with zero attached hydrogens (tertiary/aromatic N) is 1. The second-order valence-corrected chi connectivity index (χ2v) is 9.14. The van der Waals surface area contributed by atoms with Crippen LogP contribution in [-0.2, 0) is 17.8 Å². The standard InChI is InChI=1S/C28H30N2O4/c1-3-29-27(31)25-13-12-23(34-25)17-33-22-11-10-19-14-15-30(28(32)21-8-9-21)26(24(19)16-22)20-6-4-18(2)5-7-20/h4-7,10-13,16,21,26H,3,8-9,14-15,17H2,1-2H3,(H,29,31)/t26-/m1/s1. The molecule has 2 heterocycles. The lowest BCUT2D eigenvalue weighted by atomic mass is 9.87. The van der Waals surface area contributed by atoms with Crippen molar-refractivity contribution in [3.8, 4) is 5.75 Å². The summed E-state index contributed by atoms with van der Waals surface area (Å²) in [6.07, 6.45) is 2.82. The Morgan fingerprint density at radius 2 is 1.88 bits per heavy atom. The first-order valence-electron chi connectivity index (χ1n) is 12.0. The number of carbonyl (C=O) groups excluding carboxylic acids is 2. The van der Waals surface area contributed by atoms with E-state index in [9.17, 15) is 9.59 Å². The van der Waals surface area contributed by atoms with Crippen molar-refractivity contribution in [2.24, 2.45) is 5.92 Å². The molecule has 0 bridgehead atoms. The molecule has 2 aromatic carbocycles. The number of benzene rings is 2. The van der Waals surface area contributed by atoms with E-state index in [1.807, 2.05) is 13.0 Å². The molecule has 2 amide bonds. The van der Waals surface area contributed by atoms with Crippen LogP contribution >= 0.6 is 0 Å². The smallest absolute Gasteiger partial charge is 0.286 e. The molecule has 0 unspecified atom stereocenters. The molecule has 6 nitrogen and oxygen atoms in total. The molecule has 1 aromatic heterocycles. The summed E-state index contributed by atoms with van der Waals surface area (Å²) in [6.45, 7) is 5.44. The number of hydrogen-bond acceptors (Lipinski definition) is 4. The van der Waals surface area contributed by atoms with Gasteiger partial charge in [0.05, 0.1) is 6.04 Å². The molecule has 1 atom stereocenters. The minimum Gasteiger partial charge on any atom is -0.486 e. The van der Waals surface area contributed by atoms with Gasteiger partial charge in [-0.3, -0.25) is 9.59 Å². The summed E-state index contributed by atoms with van der Waals surface area (Å²) in [6, 6.07) is 17.9. The molecule has 0 spiro atoms. The van der Waals surface area contributed by atoms with E-state index >= 15 is 0 Å². The largest absolute Gasteiger partial charge is 0.486 e. The third-order valence-corrected chi connectivity index (χ3v) is 6.55. The molecule has 1 fully saturated rings. The monoisotopic (exact) mass is 458 g/mol. The Morgan fingerprint density at radius 1 is 1.09 bits per heavy atom. The average molecular weight is 459 g/mol. The van der Waals surface area contributed by atoms with Crippen LogP contribution in [0.4, 0.5) is 0 Å². The number of aryl methyl sites for hydroxylation is 1. The van der Waals surface area contributed by atoms with Crippen LogP contribution in [0.25, 0.3) is 0 Å². The molecular weight excluding hydrogens is 428 g/mol. The summed E-state index contributed by atoms with van der Waals surface area (Å²) < 4.78 is 11.7. The predicted octanol–water partition coefficient (Wildman–Crippen LogP) is 4.80. The molecule has 5 rings (SSSR count). The Kier molecular flexibility index (Phi) is 6.14. The maximum atomic E-state index is 13.2. The van der Waals surface area contributed by atoms with Gasteiger partial charge in [-0.05, 0) is 74.1 Å². The first-order valence-corrected chi connectivity index (χ1v) is 12.0. The number of furan rings is 1. The second kappa shape index (κ2) is 9.37. The predicted molar refractivity (Wildman–Crippen MR) is 129 cm³/mol. The van der Waals surface area contributed by atoms with Gasteiger partial charge in [0.15, 0.2) is 5.76 Å². The highest BCUT2D eigenvalue weighted by Crippen LogP contribution is 2.41. The third-order valence-electron chi connectivity index (χ3n) is 6.55. The summed E-state index contributed by atoms with van der Waals surface area (Å²) in [5, 5.41) is 2.73.